The molecule has 6 aromatic rings. The van der Waals surface area contributed by atoms with Gasteiger partial charge in [-0.25, -0.2) is 37.4 Å². The summed E-state index contributed by atoms with van der Waals surface area (Å²) in [5.74, 6) is -1.69. The third-order valence-electron chi connectivity index (χ3n) is 15.1. The van der Waals surface area contributed by atoms with E-state index in [1.54, 1.807) is 64.1 Å². The molecular formula is C80H104O24P4. The molecule has 0 radical (unpaired) electrons. The largest absolute Gasteiger partial charge is 0.587 e. The van der Waals surface area contributed by atoms with E-state index in [-0.39, 0.29) is 132 Å². The van der Waals surface area contributed by atoms with Crippen LogP contribution in [0.5, 0.6) is 46.0 Å². The van der Waals surface area contributed by atoms with E-state index in [9.17, 15) is 37.4 Å². The smallest absolute Gasteiger partial charge is 0.460 e. The molecule has 108 heavy (non-hydrogen) atoms. The number of esters is 4. The lowest BCUT2D eigenvalue weighted by atomic mass is 9.80. The molecule has 0 aliphatic carbocycles. The Morgan fingerprint density at radius 2 is 0.537 bits per heavy atom. The van der Waals surface area contributed by atoms with Crippen molar-refractivity contribution in [3.05, 3.63) is 214 Å². The summed E-state index contributed by atoms with van der Waals surface area (Å²) in [6.45, 7) is 49.4. The fourth-order valence-electron chi connectivity index (χ4n) is 9.28. The summed E-state index contributed by atoms with van der Waals surface area (Å²) in [4.78, 5) is 47.7. The monoisotopic (exact) mass is 1570 g/mol. The minimum Gasteiger partial charge on any atom is -0.460 e. The quantitative estimate of drug-likeness (QED) is 0.0116. The van der Waals surface area contributed by atoms with E-state index >= 15 is 0 Å². The summed E-state index contributed by atoms with van der Waals surface area (Å²) < 4.78 is 148. The fourth-order valence-corrected chi connectivity index (χ4v) is 14.4. The first-order valence-electron chi connectivity index (χ1n) is 34.5. The number of phosphoric acid groups is 4. The van der Waals surface area contributed by atoms with Crippen LogP contribution in [0.3, 0.4) is 0 Å². The maximum atomic E-state index is 14.6. The number of ether oxygens (including phenoxy) is 4. The number of para-hydroxylation sites is 2. The zero-order valence-corrected chi connectivity index (χ0v) is 69.2. The van der Waals surface area contributed by atoms with Crippen molar-refractivity contribution < 1.29 is 111 Å². The molecule has 6 rings (SSSR count). The molecule has 0 amide bonds. The van der Waals surface area contributed by atoms with E-state index in [0.29, 0.717) is 22.3 Å². The van der Waals surface area contributed by atoms with Crippen molar-refractivity contribution in [3.8, 4) is 46.0 Å². The van der Waals surface area contributed by atoms with Crippen LogP contribution in [0, 0.1) is 27.7 Å². The van der Waals surface area contributed by atoms with Crippen molar-refractivity contribution in [3.63, 3.8) is 0 Å². The van der Waals surface area contributed by atoms with Crippen LogP contribution in [-0.2, 0) is 96.1 Å². The Bertz CT molecular complexity index is 4120. The van der Waals surface area contributed by atoms with Crippen LogP contribution in [0.1, 0.15) is 155 Å². The van der Waals surface area contributed by atoms with Gasteiger partial charge in [0.1, 0.15) is 72.4 Å². The highest BCUT2D eigenvalue weighted by Crippen LogP contribution is 2.57. The number of rotatable bonds is 36. The molecule has 0 aromatic heterocycles. The predicted octanol–water partition coefficient (Wildman–Crippen LogP) is 20.6. The van der Waals surface area contributed by atoms with Crippen molar-refractivity contribution in [2.75, 3.05) is 52.9 Å². The van der Waals surface area contributed by atoms with Gasteiger partial charge in [0.25, 0.3) is 0 Å². The molecule has 28 heteroatoms. The van der Waals surface area contributed by atoms with E-state index in [0.717, 1.165) is 22.3 Å². The van der Waals surface area contributed by atoms with Gasteiger partial charge in [-0.2, -0.15) is 0 Å². The second-order valence-corrected chi connectivity index (χ2v) is 35.4. The van der Waals surface area contributed by atoms with Gasteiger partial charge < -0.3 is 55.1 Å². The van der Waals surface area contributed by atoms with E-state index in [2.05, 4.69) is 67.9 Å². The molecule has 0 aliphatic heterocycles. The minimum absolute atomic E-state index is 0.0463. The third-order valence-corrected chi connectivity index (χ3v) is 20.5. The number of carbonyl (C=O) groups excluding carboxylic acids is 4. The van der Waals surface area contributed by atoms with Gasteiger partial charge in [0.05, 0.1) is 26.4 Å². The molecule has 0 spiro atoms. The fraction of sp³-hybridized carbons (Fsp3) is 0.400. The third kappa shape index (κ3) is 28.7. The second-order valence-electron chi connectivity index (χ2n) is 29.3. The zero-order valence-electron chi connectivity index (χ0n) is 65.6. The Kier molecular flexibility index (Phi) is 32.1. The van der Waals surface area contributed by atoms with Crippen molar-refractivity contribution in [2.24, 2.45) is 0 Å². The maximum absolute atomic E-state index is 14.6. The number of aryl methyl sites for hydroxylation is 4. The molecule has 0 heterocycles. The molecule has 588 valence electrons. The van der Waals surface area contributed by atoms with Crippen molar-refractivity contribution >= 4 is 55.2 Å². The van der Waals surface area contributed by atoms with Crippen LogP contribution in [0.2, 0.25) is 0 Å². The molecule has 4 atom stereocenters. The molecule has 0 saturated heterocycles. The average Bonchev–Trinajstić information content (AvgIpc) is 0.794. The molecular weight excluding hydrogens is 1470 g/mol. The summed E-state index contributed by atoms with van der Waals surface area (Å²) in [6, 6.07) is 33.4. The Labute approximate surface area is 636 Å². The van der Waals surface area contributed by atoms with Gasteiger partial charge in [-0.15, -0.1) is 0 Å². The number of benzene rings is 6. The Morgan fingerprint density at radius 1 is 0.306 bits per heavy atom. The molecule has 0 fully saturated rings. The Hall–Kier alpha value is -8.68. The lowest BCUT2D eigenvalue weighted by Gasteiger charge is -2.28. The van der Waals surface area contributed by atoms with Crippen LogP contribution in [0.4, 0.5) is 0 Å². The molecule has 0 N–H and O–H groups in total. The number of carbonyl (C=O) groups is 4. The lowest BCUT2D eigenvalue weighted by molar-refractivity contribution is -0.140. The van der Waals surface area contributed by atoms with Crippen molar-refractivity contribution in [1.82, 2.24) is 0 Å². The van der Waals surface area contributed by atoms with Crippen molar-refractivity contribution in [1.29, 1.82) is 0 Å². The van der Waals surface area contributed by atoms with E-state index < -0.39 is 66.0 Å². The van der Waals surface area contributed by atoms with Gasteiger partial charge in [-0.05, 0) is 147 Å². The standard InChI is InChI=1S/C46H64O12P2.C34H40O12P2/c1-31(2)41(47)51-24-26-53-59(49,57-39-22-20-33(43(5,6)7)28-37(39)45(11,12)13)55-35-18-17-19-36(30-35)56-60(50,54-27-25-52-42(48)32(3)4)58-40-23-21-34(44(8,9)10)29-38(40)46(14,15)16;1-23(2)33(35)39-18-20-41-47(37,45-31-25(5)12-9-13-26(31)6)43-29-16-11-17-30(22-29)44-48(38,42-21-19-40-34(36)24(3)4)46-32-27(7)14-10-15-28(32)8/h17-23,28-30H,1,3,24-27H2,2,4-16H3;9-17,22H,1,3,18-21H2,2,4-8H3. The first kappa shape index (κ1) is 89.9. The highest BCUT2D eigenvalue weighted by atomic mass is 31.2. The maximum Gasteiger partial charge on any atom is 0.587 e. The van der Waals surface area contributed by atoms with Gasteiger partial charge in [0.2, 0.25) is 0 Å². The second kappa shape index (κ2) is 38.6. The zero-order chi connectivity index (χ0) is 81.0. The lowest BCUT2D eigenvalue weighted by Crippen LogP contribution is -2.18. The van der Waals surface area contributed by atoms with Crippen LogP contribution in [0.15, 0.2) is 170 Å². The van der Waals surface area contributed by atoms with Crippen molar-refractivity contribution in [2.45, 2.75) is 160 Å². The van der Waals surface area contributed by atoms with Crippen LogP contribution >= 0.6 is 31.3 Å². The Balaban J connectivity index is 0.000000397. The van der Waals surface area contributed by atoms with Gasteiger partial charge >= 0.3 is 55.2 Å². The van der Waals surface area contributed by atoms with Gasteiger partial charge in [-0.1, -0.05) is 182 Å². The molecule has 24 nitrogen and oxygen atoms in total. The number of phosphoric ester groups is 4. The SMILES string of the molecule is C=C(C)C(=O)OCCOP(=O)(Oc1cccc(OP(=O)(OCCOC(=O)C(=C)C)Oc2c(C)cccc2C)c1)Oc1c(C)cccc1C.C=C(C)C(=O)OCCOP(=O)(Oc1cccc(OP(=O)(OCCOC(=O)C(=C)C)Oc2ccc(C(C)(C)C)cc2C(C)(C)C)c1)Oc1ccc(C(C)(C)C)cc1C(C)(C)C. The first-order valence-corrected chi connectivity index (χ1v) is 40.4. The predicted molar refractivity (Wildman–Crippen MR) is 415 cm³/mol. The Morgan fingerprint density at radius 3 is 0.759 bits per heavy atom. The van der Waals surface area contributed by atoms with E-state index in [1.165, 1.54) is 76.2 Å². The summed E-state index contributed by atoms with van der Waals surface area (Å²) in [7, 11) is -18.0. The highest BCUT2D eigenvalue weighted by molar-refractivity contribution is 7.50. The topological polar surface area (TPSA) is 284 Å². The molecule has 6 aromatic carbocycles. The van der Waals surface area contributed by atoms with Crippen LogP contribution in [0.25, 0.3) is 0 Å². The average molecular weight is 1570 g/mol. The highest BCUT2D eigenvalue weighted by Gasteiger charge is 2.39. The molecule has 0 bridgehead atoms. The van der Waals surface area contributed by atoms with Gasteiger partial charge in [0.15, 0.2) is 0 Å². The molecule has 0 saturated carbocycles. The summed E-state index contributed by atoms with van der Waals surface area (Å²) in [5.41, 5.74) is 5.74. The van der Waals surface area contributed by atoms with E-state index in [1.807, 2.05) is 77.9 Å². The van der Waals surface area contributed by atoms with Crippen LogP contribution < -0.4 is 36.2 Å². The van der Waals surface area contributed by atoms with Gasteiger partial charge in [-0.3, -0.25) is 18.1 Å². The summed E-state index contributed by atoms with van der Waals surface area (Å²) in [6.07, 6.45) is 0. The normalized spacial score (nSPS) is 13.8. The van der Waals surface area contributed by atoms with Gasteiger partial charge in [0, 0.05) is 45.6 Å². The molecule has 0 aliphatic rings. The summed E-state index contributed by atoms with van der Waals surface area (Å²) >= 11 is 0. The number of hydrogen-bond acceptors (Lipinski definition) is 24. The number of hydrogen-bond donors (Lipinski definition) is 0. The molecule has 4 unspecified atom stereocenters. The minimum atomic E-state index is -4.56. The van der Waals surface area contributed by atoms with Crippen LogP contribution in [-0.4, -0.2) is 76.7 Å². The summed E-state index contributed by atoms with van der Waals surface area (Å²) in [5, 5.41) is 0. The van der Waals surface area contributed by atoms with E-state index in [4.69, 9.17) is 73.2 Å². The first-order chi connectivity index (χ1) is 50.0.